The Morgan fingerprint density at radius 2 is 2.14 bits per heavy atom. The molecule has 0 amide bonds. The number of nitrogens with two attached hydrogens (primary N) is 1. The molecule has 2 rings (SSSR count). The average Bonchev–Trinajstić information content (AvgIpc) is 2.87. The second-order valence-corrected chi connectivity index (χ2v) is 4.55. The summed E-state index contributed by atoms with van der Waals surface area (Å²) in [6.07, 6.45) is 0. The molecule has 0 fully saturated rings. The van der Waals surface area contributed by atoms with E-state index in [1.807, 2.05) is 31.2 Å². The first kappa shape index (κ1) is 14.4. The largest absolute Gasteiger partial charge is 0.401 e. The van der Waals surface area contributed by atoms with Gasteiger partial charge < -0.3 is 5.73 Å². The van der Waals surface area contributed by atoms with Gasteiger partial charge in [-0.15, -0.1) is 10.2 Å². The van der Waals surface area contributed by atoms with Gasteiger partial charge in [0.1, 0.15) is 18.2 Å². The maximum atomic E-state index is 11.9. The van der Waals surface area contributed by atoms with Gasteiger partial charge in [-0.2, -0.15) is 10.1 Å². The number of carbonyl (C=O) groups is 1. The zero-order valence-corrected chi connectivity index (χ0v) is 11.7. The summed E-state index contributed by atoms with van der Waals surface area (Å²) in [6.45, 7) is 3.27. The Morgan fingerprint density at radius 1 is 1.43 bits per heavy atom. The minimum Gasteiger partial charge on any atom is -0.401 e. The summed E-state index contributed by atoms with van der Waals surface area (Å²) in [5, 5.41) is 20.8. The number of nitrogens with zero attached hydrogens (tertiary/aromatic N) is 5. The number of aryl methyl sites for hydroxylation is 1. The van der Waals surface area contributed by atoms with Gasteiger partial charge >= 0.3 is 0 Å². The highest BCUT2D eigenvalue weighted by Gasteiger charge is 2.15. The molecule has 0 spiro atoms. The number of Topliss-reactive ketones (excluding diaryl/α,β-unsaturated/α-hetero) is 1. The quantitative estimate of drug-likeness (QED) is 0.661. The van der Waals surface area contributed by atoms with Crippen LogP contribution in [0, 0.1) is 18.3 Å². The molecule has 2 N–H and O–H groups in total. The number of tetrazole rings is 1. The minimum absolute atomic E-state index is 0.0789. The monoisotopic (exact) mass is 282 g/mol. The first-order valence-corrected chi connectivity index (χ1v) is 6.26. The van der Waals surface area contributed by atoms with Crippen molar-refractivity contribution in [2.75, 3.05) is 0 Å². The highest BCUT2D eigenvalue weighted by molar-refractivity contribution is 5.99. The van der Waals surface area contributed by atoms with Crippen LogP contribution in [0.5, 0.6) is 0 Å². The number of nitriles is 1. The van der Waals surface area contributed by atoms with Gasteiger partial charge in [0.25, 0.3) is 0 Å². The predicted octanol–water partition coefficient (Wildman–Crippen LogP) is 0.974. The zero-order chi connectivity index (χ0) is 15.4. The molecule has 0 aliphatic rings. The number of allylic oxidation sites excluding steroid dienone is 2. The fourth-order valence-corrected chi connectivity index (χ4v) is 1.82. The minimum atomic E-state index is -0.439. The average molecular weight is 282 g/mol. The van der Waals surface area contributed by atoms with Crippen molar-refractivity contribution in [3.05, 3.63) is 41.1 Å². The van der Waals surface area contributed by atoms with Crippen molar-refractivity contribution in [3.63, 3.8) is 0 Å². The molecule has 1 aromatic carbocycles. The van der Waals surface area contributed by atoms with Gasteiger partial charge in [-0.3, -0.25) is 4.79 Å². The van der Waals surface area contributed by atoms with Crippen molar-refractivity contribution in [3.8, 4) is 17.5 Å². The molecule has 0 atom stereocenters. The van der Waals surface area contributed by atoms with Crippen LogP contribution in [0.1, 0.15) is 12.5 Å². The fraction of sp³-hybridized carbons (Fsp3) is 0.214. The second kappa shape index (κ2) is 5.96. The lowest BCUT2D eigenvalue weighted by Gasteiger charge is -2.00. The zero-order valence-electron chi connectivity index (χ0n) is 11.7. The van der Waals surface area contributed by atoms with E-state index in [1.165, 1.54) is 6.92 Å². The van der Waals surface area contributed by atoms with Crippen molar-refractivity contribution in [1.29, 1.82) is 5.26 Å². The summed E-state index contributed by atoms with van der Waals surface area (Å²) in [5.41, 5.74) is 7.45. The third-order valence-electron chi connectivity index (χ3n) is 2.91. The van der Waals surface area contributed by atoms with Crippen LogP contribution in [-0.4, -0.2) is 26.0 Å². The third-order valence-corrected chi connectivity index (χ3v) is 2.91. The van der Waals surface area contributed by atoms with E-state index in [4.69, 9.17) is 11.0 Å². The number of aromatic nitrogens is 4. The molecule has 0 saturated heterocycles. The van der Waals surface area contributed by atoms with Gasteiger partial charge in [-0.25, -0.2) is 0 Å². The summed E-state index contributed by atoms with van der Waals surface area (Å²) < 4.78 is 0. The van der Waals surface area contributed by atoms with E-state index in [0.29, 0.717) is 5.82 Å². The highest BCUT2D eigenvalue weighted by Crippen LogP contribution is 2.17. The summed E-state index contributed by atoms with van der Waals surface area (Å²) in [7, 11) is 0. The van der Waals surface area contributed by atoms with Crippen LogP contribution in [0.15, 0.2) is 35.5 Å². The summed E-state index contributed by atoms with van der Waals surface area (Å²) in [5.74, 6) is -0.000841. The van der Waals surface area contributed by atoms with Gasteiger partial charge in [0, 0.05) is 11.3 Å². The molecule has 1 aromatic heterocycles. The van der Waals surface area contributed by atoms with Gasteiger partial charge in [0.15, 0.2) is 5.78 Å². The summed E-state index contributed by atoms with van der Waals surface area (Å²) in [6, 6.07) is 9.40. The van der Waals surface area contributed by atoms with Gasteiger partial charge in [-0.05, 0) is 24.6 Å². The van der Waals surface area contributed by atoms with Crippen LogP contribution in [0.3, 0.4) is 0 Å². The molecule has 2 aromatic rings. The Balaban J connectivity index is 2.23. The number of ketones is 1. The Bertz CT molecular complexity index is 749. The fourth-order valence-electron chi connectivity index (χ4n) is 1.82. The molecule has 0 aliphatic heterocycles. The molecule has 0 unspecified atom stereocenters. The van der Waals surface area contributed by atoms with Crippen LogP contribution in [0.25, 0.3) is 11.4 Å². The highest BCUT2D eigenvalue weighted by atomic mass is 16.1. The van der Waals surface area contributed by atoms with Crippen molar-refractivity contribution in [2.45, 2.75) is 20.4 Å². The molecule has 0 aliphatic carbocycles. The molecular weight excluding hydrogens is 268 g/mol. The Labute approximate surface area is 121 Å². The molecule has 21 heavy (non-hydrogen) atoms. The predicted molar refractivity (Wildman–Crippen MR) is 75.5 cm³/mol. The first-order chi connectivity index (χ1) is 10.0. The van der Waals surface area contributed by atoms with E-state index >= 15 is 0 Å². The first-order valence-electron chi connectivity index (χ1n) is 6.26. The number of carbonyl (C=O) groups excluding carboxylic acids is 1. The Hall–Kier alpha value is -3.01. The van der Waals surface area contributed by atoms with Gasteiger partial charge in [0.05, 0.1) is 0 Å². The Kier molecular flexibility index (Phi) is 4.09. The van der Waals surface area contributed by atoms with Crippen LogP contribution in [-0.2, 0) is 11.3 Å². The van der Waals surface area contributed by atoms with Crippen LogP contribution in [0.2, 0.25) is 0 Å². The van der Waals surface area contributed by atoms with E-state index < -0.39 is 5.78 Å². The van der Waals surface area contributed by atoms with E-state index in [-0.39, 0.29) is 17.8 Å². The molecule has 0 saturated carbocycles. The Morgan fingerprint density at radius 3 is 2.76 bits per heavy atom. The summed E-state index contributed by atoms with van der Waals surface area (Å²) >= 11 is 0. The van der Waals surface area contributed by atoms with Crippen molar-refractivity contribution >= 4 is 5.78 Å². The van der Waals surface area contributed by atoms with E-state index in [9.17, 15) is 4.79 Å². The molecule has 0 radical (unpaired) electrons. The molecule has 1 heterocycles. The smallest absolute Gasteiger partial charge is 0.205 e. The van der Waals surface area contributed by atoms with Crippen LogP contribution < -0.4 is 5.73 Å². The standard InChI is InChI=1S/C14H14N6O/c1-9-5-3-4-6-11(9)14-17-19-20(18-14)8-13(21)12(7-15)10(2)16/h3-6H,8,16H2,1-2H3/b12-10+. The second-order valence-electron chi connectivity index (χ2n) is 4.55. The summed E-state index contributed by atoms with van der Waals surface area (Å²) in [4.78, 5) is 13.1. The van der Waals surface area contributed by atoms with Crippen LogP contribution >= 0.6 is 0 Å². The van der Waals surface area contributed by atoms with E-state index in [0.717, 1.165) is 15.9 Å². The molecule has 106 valence electrons. The number of benzene rings is 1. The molecule has 7 heteroatoms. The maximum absolute atomic E-state index is 11.9. The van der Waals surface area contributed by atoms with E-state index in [1.54, 1.807) is 6.07 Å². The van der Waals surface area contributed by atoms with E-state index in [2.05, 4.69) is 15.4 Å². The lowest BCUT2D eigenvalue weighted by Crippen LogP contribution is -2.17. The van der Waals surface area contributed by atoms with Crippen molar-refractivity contribution < 1.29 is 4.79 Å². The van der Waals surface area contributed by atoms with Crippen molar-refractivity contribution in [1.82, 2.24) is 20.2 Å². The topological polar surface area (TPSA) is 110 Å². The molecule has 7 nitrogen and oxygen atoms in total. The molecule has 0 bridgehead atoms. The van der Waals surface area contributed by atoms with Crippen molar-refractivity contribution in [2.24, 2.45) is 5.73 Å². The number of rotatable bonds is 4. The van der Waals surface area contributed by atoms with Crippen LogP contribution in [0.4, 0.5) is 0 Å². The third kappa shape index (κ3) is 3.12. The lowest BCUT2D eigenvalue weighted by molar-refractivity contribution is -0.116. The normalized spacial score (nSPS) is 11.7. The van der Waals surface area contributed by atoms with Gasteiger partial charge in [-0.1, -0.05) is 24.3 Å². The molecular formula is C14H14N6O. The maximum Gasteiger partial charge on any atom is 0.205 e. The van der Waals surface area contributed by atoms with Gasteiger partial charge in [0.2, 0.25) is 5.82 Å². The lowest BCUT2D eigenvalue weighted by atomic mass is 10.1. The number of hydrogen-bond acceptors (Lipinski definition) is 6. The number of hydrogen-bond donors (Lipinski definition) is 1. The SMILES string of the molecule is C/C(N)=C(/C#N)C(=O)Cn1nnc(-c2ccccc2C)n1.